The Morgan fingerprint density at radius 1 is 0.579 bits per heavy atom. The van der Waals surface area contributed by atoms with Crippen molar-refractivity contribution < 1.29 is 28.8 Å². The molecule has 2 aromatic carbocycles. The number of aliphatic imine (C=N–C) groups is 1. The number of hydrogen-bond acceptors (Lipinski definition) is 10. The van der Waals surface area contributed by atoms with Crippen LogP contribution in [-0.4, -0.2) is 107 Å². The van der Waals surface area contributed by atoms with Gasteiger partial charge in [0.15, 0.2) is 5.96 Å². The Morgan fingerprint density at radius 2 is 1.05 bits per heavy atom. The fourth-order valence-electron chi connectivity index (χ4n) is 6.34. The van der Waals surface area contributed by atoms with Gasteiger partial charge in [-0.3, -0.25) is 33.8 Å². The van der Waals surface area contributed by atoms with Crippen molar-refractivity contribution in [2.45, 2.75) is 81.2 Å². The molecule has 0 unspecified atom stereocenters. The molecule has 17 nitrogen and oxygen atoms in total. The van der Waals surface area contributed by atoms with Crippen LogP contribution in [-0.2, 0) is 41.6 Å². The zero-order valence-corrected chi connectivity index (χ0v) is 33.3. The van der Waals surface area contributed by atoms with Crippen LogP contribution < -0.4 is 49.1 Å². The summed E-state index contributed by atoms with van der Waals surface area (Å²) in [6, 6.07) is 9.13. The number of carbonyl (C=O) groups excluding carboxylic acids is 6. The average molecular weight is 824 g/mol. The molecular formula is C38H53N11O6S2. The van der Waals surface area contributed by atoms with Gasteiger partial charge in [-0.1, -0.05) is 48.5 Å². The predicted molar refractivity (Wildman–Crippen MR) is 224 cm³/mol. The number of fused-ring (bicyclic) bond motifs is 1. The highest BCUT2D eigenvalue weighted by atomic mass is 32.1. The Morgan fingerprint density at radius 3 is 1.61 bits per heavy atom. The second-order valence-corrected chi connectivity index (χ2v) is 14.4. The number of amides is 6. The van der Waals surface area contributed by atoms with Crippen LogP contribution in [0.1, 0.15) is 43.2 Å². The largest absolute Gasteiger partial charge is 0.370 e. The fourth-order valence-corrected chi connectivity index (χ4v) is 6.86. The predicted octanol–water partition coefficient (Wildman–Crippen LogP) is -1.08. The van der Waals surface area contributed by atoms with E-state index in [4.69, 9.17) is 17.2 Å². The Kier molecular flexibility index (Phi) is 17.5. The number of H-pyrrole nitrogens is 1. The van der Waals surface area contributed by atoms with Crippen LogP contribution >= 0.6 is 25.3 Å². The number of guanidine groups is 1. The Bertz CT molecular complexity index is 1870. The van der Waals surface area contributed by atoms with Gasteiger partial charge >= 0.3 is 0 Å². The number of rotatable bonds is 14. The van der Waals surface area contributed by atoms with Crippen molar-refractivity contribution in [2.24, 2.45) is 22.2 Å². The van der Waals surface area contributed by atoms with Crippen molar-refractivity contribution >= 4 is 77.6 Å². The van der Waals surface area contributed by atoms with E-state index < -0.39 is 71.7 Å². The molecule has 0 aliphatic carbocycles. The highest BCUT2D eigenvalue weighted by Crippen LogP contribution is 2.20. The summed E-state index contributed by atoms with van der Waals surface area (Å²) in [5.74, 6) is -4.66. The molecule has 19 heteroatoms. The van der Waals surface area contributed by atoms with Crippen molar-refractivity contribution in [3.05, 3.63) is 71.9 Å². The summed E-state index contributed by atoms with van der Waals surface area (Å²) in [6.45, 7) is 0.491. The third-order valence-electron chi connectivity index (χ3n) is 9.44. The van der Waals surface area contributed by atoms with E-state index in [-0.39, 0.29) is 56.1 Å². The summed E-state index contributed by atoms with van der Waals surface area (Å²) in [4.78, 5) is 90.8. The van der Waals surface area contributed by atoms with Gasteiger partial charge in [0.05, 0.1) is 0 Å². The smallest absolute Gasteiger partial charge is 0.244 e. The van der Waals surface area contributed by atoms with Crippen molar-refractivity contribution in [2.75, 3.05) is 24.6 Å². The van der Waals surface area contributed by atoms with Crippen molar-refractivity contribution in [3.63, 3.8) is 0 Å². The average Bonchev–Trinajstić information content (AvgIpc) is 3.61. The van der Waals surface area contributed by atoms with Gasteiger partial charge in [0.25, 0.3) is 0 Å². The first-order chi connectivity index (χ1) is 27.4. The zero-order chi connectivity index (χ0) is 41.3. The topological polar surface area (TPSA) is 281 Å². The Hall–Kier alpha value is -5.27. The van der Waals surface area contributed by atoms with Gasteiger partial charge in [-0.25, -0.2) is 0 Å². The second-order valence-electron chi connectivity index (χ2n) is 13.7. The lowest BCUT2D eigenvalue weighted by atomic mass is 10.0. The molecule has 308 valence electrons. The van der Waals surface area contributed by atoms with E-state index in [0.29, 0.717) is 24.9 Å². The molecule has 6 amide bonds. The molecule has 1 saturated heterocycles. The summed E-state index contributed by atoms with van der Waals surface area (Å²) < 4.78 is 0. The monoisotopic (exact) mass is 823 g/mol. The summed E-state index contributed by atoms with van der Waals surface area (Å²) in [6.07, 6.45) is 3.27. The highest BCUT2D eigenvalue weighted by Gasteiger charge is 2.35. The lowest BCUT2D eigenvalue weighted by molar-refractivity contribution is -0.136. The van der Waals surface area contributed by atoms with Gasteiger partial charge in [0.2, 0.25) is 35.4 Å². The molecule has 0 radical (unpaired) electrons. The third kappa shape index (κ3) is 13.4. The molecule has 1 aromatic heterocycles. The van der Waals surface area contributed by atoms with Gasteiger partial charge in [-0.15, -0.1) is 0 Å². The maximum atomic E-state index is 14.2. The van der Waals surface area contributed by atoms with Crippen LogP contribution in [0.4, 0.5) is 0 Å². The van der Waals surface area contributed by atoms with E-state index >= 15 is 0 Å². The lowest BCUT2D eigenvalue weighted by Gasteiger charge is -2.29. The van der Waals surface area contributed by atoms with Crippen molar-refractivity contribution in [3.8, 4) is 0 Å². The number of para-hydroxylation sites is 1. The van der Waals surface area contributed by atoms with Crippen molar-refractivity contribution in [1.82, 2.24) is 36.9 Å². The van der Waals surface area contributed by atoms with E-state index in [9.17, 15) is 28.8 Å². The van der Waals surface area contributed by atoms with Crippen LogP contribution in [0.3, 0.4) is 0 Å². The molecule has 0 saturated carbocycles. The van der Waals surface area contributed by atoms with Crippen LogP contribution in [0.25, 0.3) is 10.9 Å². The van der Waals surface area contributed by atoms with E-state index in [1.54, 1.807) is 30.5 Å². The number of thiol groups is 2. The Labute approximate surface area is 342 Å². The molecular weight excluding hydrogens is 771 g/mol. The minimum Gasteiger partial charge on any atom is -0.370 e. The van der Waals surface area contributed by atoms with E-state index in [0.717, 1.165) is 16.5 Å². The molecule has 57 heavy (non-hydrogen) atoms. The molecule has 3 aromatic rings. The second kappa shape index (κ2) is 22.5. The maximum absolute atomic E-state index is 14.2. The summed E-state index contributed by atoms with van der Waals surface area (Å²) in [5.41, 5.74) is 18.9. The normalized spacial score (nSPS) is 22.9. The van der Waals surface area contributed by atoms with Gasteiger partial charge in [0.1, 0.15) is 36.3 Å². The molecule has 2 heterocycles. The van der Waals surface area contributed by atoms with Crippen LogP contribution in [0, 0.1) is 0 Å². The molecule has 1 fully saturated rings. The minimum absolute atomic E-state index is 0.00291. The molecule has 6 atom stereocenters. The first-order valence-corrected chi connectivity index (χ1v) is 20.1. The number of nitrogens with two attached hydrogens (primary N) is 3. The van der Waals surface area contributed by atoms with Gasteiger partial charge < -0.3 is 54.1 Å². The SMILES string of the molecule is NCCCC[C@@H]1NC(=O)[C@H](CS)NC(=O)[C@H](CCCN=C(N)N)NC(=O)[C@@H](Cc2c[nH]c3ccccc23)NC(=O)[C@H](CS)NC(=O)[C@H](Cc2ccccc2)NC1=O. The molecule has 4 rings (SSSR count). The first-order valence-electron chi connectivity index (χ1n) is 18.8. The quantitative estimate of drug-likeness (QED) is 0.0407. The fraction of sp³-hybridized carbons (Fsp3) is 0.447. The molecule has 1 aliphatic heterocycles. The van der Waals surface area contributed by atoms with E-state index in [1.165, 1.54) is 0 Å². The number of benzene rings is 2. The molecule has 0 spiro atoms. The molecule has 0 bridgehead atoms. The zero-order valence-electron chi connectivity index (χ0n) is 31.5. The van der Waals surface area contributed by atoms with Crippen LogP contribution in [0.15, 0.2) is 65.8 Å². The Balaban J connectivity index is 1.74. The first kappa shape index (κ1) is 44.4. The lowest BCUT2D eigenvalue weighted by Crippen LogP contribution is -2.62. The third-order valence-corrected chi connectivity index (χ3v) is 10.2. The van der Waals surface area contributed by atoms with Crippen LogP contribution in [0.2, 0.25) is 0 Å². The number of aromatic amines is 1. The number of aromatic nitrogens is 1. The highest BCUT2D eigenvalue weighted by molar-refractivity contribution is 7.80. The number of nitrogens with one attached hydrogen (secondary N) is 7. The maximum Gasteiger partial charge on any atom is 0.244 e. The number of hydrogen-bond donors (Lipinski definition) is 12. The number of unbranched alkanes of at least 4 members (excludes halogenated alkanes) is 1. The minimum atomic E-state index is -1.25. The van der Waals surface area contributed by atoms with E-state index in [2.05, 4.69) is 67.1 Å². The number of nitrogens with zero attached hydrogens (tertiary/aromatic N) is 1. The van der Waals surface area contributed by atoms with Crippen molar-refractivity contribution in [1.29, 1.82) is 0 Å². The van der Waals surface area contributed by atoms with Gasteiger partial charge in [-0.05, 0) is 55.8 Å². The van der Waals surface area contributed by atoms with E-state index in [1.807, 2.05) is 30.3 Å². The summed E-state index contributed by atoms with van der Waals surface area (Å²) in [7, 11) is 0. The van der Waals surface area contributed by atoms with Gasteiger partial charge in [-0.2, -0.15) is 25.3 Å². The van der Waals surface area contributed by atoms with Gasteiger partial charge in [0, 0.05) is 48.0 Å². The summed E-state index contributed by atoms with van der Waals surface area (Å²) >= 11 is 8.67. The standard InChI is InChI=1S/C38H53N11O6S2/c39-15-7-6-13-26-32(50)46-28(17-22-9-2-1-3-10-22)34(52)49-31(21-57)37(55)47-29(18-23-19-43-25-12-5-4-11-24(23)25)35(53)44-27(14-8-16-42-38(40)41)33(51)48-30(20-56)36(54)45-26/h1-5,9-12,19,26-31,43,56-57H,6-8,13-18,20-21,39H2,(H,44,53)(H,45,54)(H,46,50)(H,47,55)(H,48,51)(H,49,52)(H4,40,41,42)/t26-,27-,28-,29+,30-,31-/m0/s1. The molecule has 13 N–H and O–H groups in total. The number of carbonyl (C=O) groups is 6. The van der Waals surface area contributed by atoms with Crippen LogP contribution in [0.5, 0.6) is 0 Å². The summed E-state index contributed by atoms with van der Waals surface area (Å²) in [5, 5.41) is 17.2. The molecule has 1 aliphatic rings.